The molecule has 1 saturated carbocycles. The smallest absolute Gasteiger partial charge is 0.246 e. The van der Waals surface area contributed by atoms with Gasteiger partial charge in [0.15, 0.2) is 0 Å². The molecular weight excluding hydrogens is 244 g/mol. The van der Waals surface area contributed by atoms with Crippen molar-refractivity contribution >= 4 is 11.8 Å². The molecule has 0 unspecified atom stereocenters. The monoisotopic (exact) mass is 266 g/mol. The lowest BCUT2D eigenvalue weighted by molar-refractivity contribution is -0.141. The molecule has 0 aromatic carbocycles. The summed E-state index contributed by atoms with van der Waals surface area (Å²) < 4.78 is 5.09. The number of hydrogen-bond acceptors (Lipinski definition) is 3. The van der Waals surface area contributed by atoms with Gasteiger partial charge in [-0.05, 0) is 25.3 Å². The topological polar surface area (TPSA) is 49.9 Å². The minimum Gasteiger partial charge on any atom is -0.384 e. The average molecular weight is 266 g/mol. The third-order valence-corrected chi connectivity index (χ3v) is 4.02. The van der Waals surface area contributed by atoms with Gasteiger partial charge in [0.05, 0.1) is 0 Å². The summed E-state index contributed by atoms with van der Waals surface area (Å²) >= 11 is 0. The van der Waals surface area contributed by atoms with Crippen LogP contribution in [-0.2, 0) is 14.3 Å². The van der Waals surface area contributed by atoms with Gasteiger partial charge in [0, 0.05) is 45.3 Å². The van der Waals surface area contributed by atoms with Crippen LogP contribution in [0.25, 0.3) is 0 Å². The Morgan fingerprint density at radius 3 is 2.74 bits per heavy atom. The number of amides is 2. The summed E-state index contributed by atoms with van der Waals surface area (Å²) in [5.74, 6) is 0.685. The number of nitrogens with zero attached hydrogens (tertiary/aromatic N) is 2. The Kier molecular flexibility index (Phi) is 4.24. The molecule has 0 aromatic heterocycles. The van der Waals surface area contributed by atoms with E-state index >= 15 is 0 Å². The van der Waals surface area contributed by atoms with E-state index in [1.807, 2.05) is 11.8 Å². The molecule has 2 rings (SSSR count). The Morgan fingerprint density at radius 2 is 2.16 bits per heavy atom. The van der Waals surface area contributed by atoms with Gasteiger partial charge >= 0.3 is 0 Å². The number of carbonyl (C=O) groups is 2. The average Bonchev–Trinajstić information content (AvgIpc) is 3.16. The lowest BCUT2D eigenvalue weighted by Gasteiger charge is -2.39. The molecular formula is C14H22N2O3. The van der Waals surface area contributed by atoms with Gasteiger partial charge in [-0.15, -0.1) is 0 Å². The summed E-state index contributed by atoms with van der Waals surface area (Å²) in [7, 11) is 1.67. The van der Waals surface area contributed by atoms with E-state index in [1.165, 1.54) is 6.08 Å². The molecule has 5 heteroatoms. The van der Waals surface area contributed by atoms with Crippen molar-refractivity contribution in [3.8, 4) is 0 Å². The number of ether oxygens (including phenoxy) is 1. The predicted molar refractivity (Wildman–Crippen MR) is 71.4 cm³/mol. The van der Waals surface area contributed by atoms with Gasteiger partial charge in [-0.2, -0.15) is 0 Å². The van der Waals surface area contributed by atoms with Gasteiger partial charge in [-0.1, -0.05) is 6.58 Å². The van der Waals surface area contributed by atoms with Crippen molar-refractivity contribution in [2.75, 3.05) is 33.4 Å². The fraction of sp³-hybridized carbons (Fsp3) is 0.714. The largest absolute Gasteiger partial charge is 0.384 e. The van der Waals surface area contributed by atoms with Crippen LogP contribution < -0.4 is 0 Å². The molecule has 0 spiro atoms. The lowest BCUT2D eigenvalue weighted by Crippen LogP contribution is -2.55. The van der Waals surface area contributed by atoms with E-state index in [4.69, 9.17) is 4.74 Å². The van der Waals surface area contributed by atoms with E-state index in [2.05, 4.69) is 6.58 Å². The Hall–Kier alpha value is -1.36. The van der Waals surface area contributed by atoms with Crippen LogP contribution >= 0.6 is 0 Å². The Balaban J connectivity index is 1.88. The van der Waals surface area contributed by atoms with Gasteiger partial charge in [-0.3, -0.25) is 9.59 Å². The number of piperazine rings is 1. The van der Waals surface area contributed by atoms with Crippen molar-refractivity contribution in [3.05, 3.63) is 12.7 Å². The molecule has 19 heavy (non-hydrogen) atoms. The highest BCUT2D eigenvalue weighted by atomic mass is 16.5. The molecule has 2 fully saturated rings. The summed E-state index contributed by atoms with van der Waals surface area (Å²) in [6.07, 6.45) is 2.27. The second kappa shape index (κ2) is 5.74. The van der Waals surface area contributed by atoms with Crippen LogP contribution in [0.2, 0.25) is 0 Å². The summed E-state index contributed by atoms with van der Waals surface area (Å²) in [6.45, 7) is 7.97. The van der Waals surface area contributed by atoms with Crippen LogP contribution in [0.4, 0.5) is 0 Å². The van der Waals surface area contributed by atoms with Crippen molar-refractivity contribution in [2.45, 2.75) is 19.4 Å². The fourth-order valence-corrected chi connectivity index (χ4v) is 2.78. The van der Waals surface area contributed by atoms with Crippen molar-refractivity contribution in [3.63, 3.8) is 0 Å². The second-order valence-electron chi connectivity index (χ2n) is 5.43. The number of carbonyl (C=O) groups excluding carboxylic acids is 2. The van der Waals surface area contributed by atoms with Crippen LogP contribution in [0.15, 0.2) is 12.7 Å². The predicted octanol–water partition coefficient (Wildman–Crippen LogP) is 0.514. The molecule has 1 heterocycles. The zero-order valence-electron chi connectivity index (χ0n) is 11.7. The maximum atomic E-state index is 12.3. The standard InChI is InChI=1S/C14H22N2O3/c1-4-13(17)15-5-6-16(10(2)8-15)14(18)12-7-11(12)9-19-3/h4,10-12H,1,5-9H2,2-3H3/t10-,11-,12+/m0/s1. The van der Waals surface area contributed by atoms with Gasteiger partial charge < -0.3 is 14.5 Å². The highest BCUT2D eigenvalue weighted by molar-refractivity contribution is 5.87. The summed E-state index contributed by atoms with van der Waals surface area (Å²) in [4.78, 5) is 27.6. The first-order valence-electron chi connectivity index (χ1n) is 6.79. The van der Waals surface area contributed by atoms with Crippen LogP contribution in [-0.4, -0.2) is 61.0 Å². The molecule has 1 saturated heterocycles. The molecule has 1 aliphatic carbocycles. The van der Waals surface area contributed by atoms with Gasteiger partial charge in [-0.25, -0.2) is 0 Å². The van der Waals surface area contributed by atoms with Crippen LogP contribution in [0.5, 0.6) is 0 Å². The van der Waals surface area contributed by atoms with Crippen molar-refractivity contribution in [1.82, 2.24) is 9.80 Å². The summed E-state index contributed by atoms with van der Waals surface area (Å²) in [6, 6.07) is 0.0777. The van der Waals surface area contributed by atoms with E-state index in [0.717, 1.165) is 6.42 Å². The van der Waals surface area contributed by atoms with E-state index in [1.54, 1.807) is 12.0 Å². The van der Waals surface area contributed by atoms with Crippen LogP contribution in [0.3, 0.4) is 0 Å². The minimum absolute atomic E-state index is 0.0531. The van der Waals surface area contributed by atoms with Crippen molar-refractivity contribution in [2.24, 2.45) is 11.8 Å². The molecule has 106 valence electrons. The van der Waals surface area contributed by atoms with E-state index < -0.39 is 0 Å². The number of methoxy groups -OCH3 is 1. The highest BCUT2D eigenvalue weighted by Gasteiger charge is 2.46. The van der Waals surface area contributed by atoms with Crippen molar-refractivity contribution in [1.29, 1.82) is 0 Å². The molecule has 0 N–H and O–H groups in total. The molecule has 2 amide bonds. The zero-order chi connectivity index (χ0) is 14.0. The maximum Gasteiger partial charge on any atom is 0.246 e. The minimum atomic E-state index is -0.0531. The van der Waals surface area contributed by atoms with E-state index in [0.29, 0.717) is 32.2 Å². The third-order valence-electron chi connectivity index (χ3n) is 4.02. The Bertz CT molecular complexity index is 383. The second-order valence-corrected chi connectivity index (χ2v) is 5.43. The first-order chi connectivity index (χ1) is 9.08. The molecule has 0 radical (unpaired) electrons. The highest BCUT2D eigenvalue weighted by Crippen LogP contribution is 2.40. The number of hydrogen-bond donors (Lipinski definition) is 0. The molecule has 0 aromatic rings. The van der Waals surface area contributed by atoms with Gasteiger partial charge in [0.25, 0.3) is 0 Å². The first-order valence-corrected chi connectivity index (χ1v) is 6.79. The SMILES string of the molecule is C=CC(=O)N1CCN(C(=O)[C@@H]2C[C@H]2COC)[C@@H](C)C1. The van der Waals surface area contributed by atoms with E-state index in [9.17, 15) is 9.59 Å². The molecule has 0 bridgehead atoms. The third kappa shape index (κ3) is 2.97. The molecule has 3 atom stereocenters. The quantitative estimate of drug-likeness (QED) is 0.697. The fourth-order valence-electron chi connectivity index (χ4n) is 2.78. The molecule has 2 aliphatic rings. The molecule has 5 nitrogen and oxygen atoms in total. The number of rotatable bonds is 4. The maximum absolute atomic E-state index is 12.3. The van der Waals surface area contributed by atoms with Crippen LogP contribution in [0.1, 0.15) is 13.3 Å². The van der Waals surface area contributed by atoms with Gasteiger partial charge in [0.2, 0.25) is 11.8 Å². The lowest BCUT2D eigenvalue weighted by atomic mass is 10.1. The van der Waals surface area contributed by atoms with Crippen molar-refractivity contribution < 1.29 is 14.3 Å². The zero-order valence-corrected chi connectivity index (χ0v) is 11.7. The Labute approximate surface area is 114 Å². The Morgan fingerprint density at radius 1 is 1.42 bits per heavy atom. The van der Waals surface area contributed by atoms with Gasteiger partial charge in [0.1, 0.15) is 0 Å². The molecule has 1 aliphatic heterocycles. The van der Waals surface area contributed by atoms with Crippen LogP contribution in [0, 0.1) is 11.8 Å². The normalized spacial score (nSPS) is 30.1. The van der Waals surface area contributed by atoms with E-state index in [-0.39, 0.29) is 23.8 Å². The first kappa shape index (κ1) is 14.1. The summed E-state index contributed by atoms with van der Waals surface area (Å²) in [5, 5.41) is 0. The summed E-state index contributed by atoms with van der Waals surface area (Å²) in [5.41, 5.74) is 0.